The number of benzene rings is 1. The van der Waals surface area contributed by atoms with E-state index in [0.29, 0.717) is 18.0 Å². The predicted octanol–water partition coefficient (Wildman–Crippen LogP) is 2.54. The first-order chi connectivity index (χ1) is 7.72. The topological polar surface area (TPSA) is 52.0 Å². The molecule has 84 valence electrons. The normalized spacial score (nSPS) is 12.7. The highest BCUT2D eigenvalue weighted by molar-refractivity contribution is 5.53. The lowest BCUT2D eigenvalue weighted by Crippen LogP contribution is -2.08. The fourth-order valence-corrected chi connectivity index (χ4v) is 1.39. The largest absolute Gasteiger partial charge is 0.444 e. The maximum Gasteiger partial charge on any atom is 0.229 e. The van der Waals surface area contributed by atoms with E-state index in [1.54, 1.807) is 18.2 Å². The van der Waals surface area contributed by atoms with Crippen LogP contribution < -0.4 is 5.73 Å². The zero-order valence-corrected chi connectivity index (χ0v) is 8.98. The highest BCUT2D eigenvalue weighted by atomic mass is 19.1. The van der Waals surface area contributed by atoms with E-state index in [-0.39, 0.29) is 11.7 Å². The van der Waals surface area contributed by atoms with Crippen molar-refractivity contribution < 1.29 is 8.81 Å². The second-order valence-electron chi connectivity index (χ2n) is 3.69. The van der Waals surface area contributed by atoms with E-state index in [4.69, 9.17) is 10.2 Å². The van der Waals surface area contributed by atoms with E-state index in [1.807, 2.05) is 6.92 Å². The third kappa shape index (κ3) is 1.97. The number of nitrogens with zero attached hydrogens (tertiary/aromatic N) is 1. The van der Waals surface area contributed by atoms with Crippen LogP contribution in [-0.4, -0.2) is 11.5 Å². The maximum absolute atomic E-state index is 13.4. The SMILES string of the molecule is CC(CN)c1coc(-c2ccccc2F)n1. The van der Waals surface area contributed by atoms with Crippen molar-refractivity contribution >= 4 is 0 Å². The Kier molecular flexibility index (Phi) is 3.01. The minimum atomic E-state index is -0.337. The molecule has 0 fully saturated rings. The molecule has 4 heteroatoms. The average molecular weight is 220 g/mol. The molecule has 2 aromatic rings. The smallest absolute Gasteiger partial charge is 0.229 e. The summed E-state index contributed by atoms with van der Waals surface area (Å²) in [6, 6.07) is 6.39. The van der Waals surface area contributed by atoms with Crippen LogP contribution >= 0.6 is 0 Å². The Morgan fingerprint density at radius 3 is 2.88 bits per heavy atom. The summed E-state index contributed by atoms with van der Waals surface area (Å²) < 4.78 is 18.7. The van der Waals surface area contributed by atoms with Crippen molar-refractivity contribution in [3.63, 3.8) is 0 Å². The second kappa shape index (κ2) is 4.45. The molecule has 1 atom stereocenters. The molecule has 0 aliphatic heterocycles. The number of aromatic nitrogens is 1. The molecule has 0 saturated heterocycles. The molecule has 2 rings (SSSR count). The summed E-state index contributed by atoms with van der Waals surface area (Å²) in [5, 5.41) is 0. The van der Waals surface area contributed by atoms with Gasteiger partial charge in [-0.2, -0.15) is 0 Å². The first-order valence-electron chi connectivity index (χ1n) is 5.12. The fraction of sp³-hybridized carbons (Fsp3) is 0.250. The molecule has 0 saturated carbocycles. The Morgan fingerprint density at radius 2 is 2.19 bits per heavy atom. The van der Waals surface area contributed by atoms with Crippen molar-refractivity contribution in [2.75, 3.05) is 6.54 Å². The molecule has 0 radical (unpaired) electrons. The Bertz CT molecular complexity index is 481. The standard InChI is InChI=1S/C12H13FN2O/c1-8(6-14)11-7-16-12(15-11)9-4-2-3-5-10(9)13/h2-5,7-8H,6,14H2,1H3. The van der Waals surface area contributed by atoms with Gasteiger partial charge in [0.1, 0.15) is 12.1 Å². The highest BCUT2D eigenvalue weighted by Gasteiger charge is 2.13. The molecule has 3 nitrogen and oxygen atoms in total. The fourth-order valence-electron chi connectivity index (χ4n) is 1.39. The lowest BCUT2D eigenvalue weighted by Gasteiger charge is -2.01. The minimum Gasteiger partial charge on any atom is -0.444 e. The Labute approximate surface area is 93.1 Å². The van der Waals surface area contributed by atoms with E-state index < -0.39 is 0 Å². The molecule has 1 aromatic heterocycles. The first kappa shape index (κ1) is 10.8. The number of hydrogen-bond donors (Lipinski definition) is 1. The molecular weight excluding hydrogens is 207 g/mol. The molecule has 1 heterocycles. The van der Waals surface area contributed by atoms with E-state index in [1.165, 1.54) is 12.3 Å². The van der Waals surface area contributed by atoms with E-state index in [9.17, 15) is 4.39 Å². The van der Waals surface area contributed by atoms with Crippen LogP contribution in [-0.2, 0) is 0 Å². The number of hydrogen-bond acceptors (Lipinski definition) is 3. The van der Waals surface area contributed by atoms with Crippen molar-refractivity contribution in [2.24, 2.45) is 5.73 Å². The molecule has 0 aliphatic carbocycles. The van der Waals surface area contributed by atoms with Crippen LogP contribution in [0.1, 0.15) is 18.5 Å². The van der Waals surface area contributed by atoms with Crippen molar-refractivity contribution in [3.05, 3.63) is 42.0 Å². The molecule has 0 aliphatic rings. The Morgan fingerprint density at radius 1 is 1.44 bits per heavy atom. The van der Waals surface area contributed by atoms with Gasteiger partial charge in [-0.1, -0.05) is 19.1 Å². The summed E-state index contributed by atoms with van der Waals surface area (Å²) in [5.41, 5.74) is 6.65. The summed E-state index contributed by atoms with van der Waals surface area (Å²) in [4.78, 5) is 4.23. The van der Waals surface area contributed by atoms with Gasteiger partial charge in [0, 0.05) is 12.5 Å². The predicted molar refractivity (Wildman–Crippen MR) is 59.4 cm³/mol. The maximum atomic E-state index is 13.4. The lowest BCUT2D eigenvalue weighted by molar-refractivity contribution is 0.559. The van der Waals surface area contributed by atoms with Crippen molar-refractivity contribution in [1.82, 2.24) is 4.98 Å². The van der Waals surface area contributed by atoms with Crippen LogP contribution in [0.2, 0.25) is 0 Å². The van der Waals surface area contributed by atoms with Crippen LogP contribution in [0.25, 0.3) is 11.5 Å². The number of oxazole rings is 1. The van der Waals surface area contributed by atoms with Gasteiger partial charge in [-0.15, -0.1) is 0 Å². The van der Waals surface area contributed by atoms with E-state index in [0.717, 1.165) is 5.69 Å². The molecule has 0 amide bonds. The zero-order chi connectivity index (χ0) is 11.5. The second-order valence-corrected chi connectivity index (χ2v) is 3.69. The van der Waals surface area contributed by atoms with Gasteiger partial charge in [0.25, 0.3) is 0 Å². The molecule has 16 heavy (non-hydrogen) atoms. The molecule has 2 N–H and O–H groups in total. The minimum absolute atomic E-state index is 0.115. The number of nitrogens with two attached hydrogens (primary N) is 1. The molecule has 1 aromatic carbocycles. The van der Waals surface area contributed by atoms with Crippen LogP contribution in [0.3, 0.4) is 0 Å². The van der Waals surface area contributed by atoms with Gasteiger partial charge in [-0.05, 0) is 12.1 Å². The number of rotatable bonds is 3. The third-order valence-electron chi connectivity index (χ3n) is 2.48. The summed E-state index contributed by atoms with van der Waals surface area (Å²) in [6.45, 7) is 2.44. The van der Waals surface area contributed by atoms with Crippen molar-refractivity contribution in [1.29, 1.82) is 0 Å². The summed E-state index contributed by atoms with van der Waals surface area (Å²) >= 11 is 0. The van der Waals surface area contributed by atoms with Crippen LogP contribution in [0.15, 0.2) is 34.9 Å². The quantitative estimate of drug-likeness (QED) is 0.864. The lowest BCUT2D eigenvalue weighted by atomic mass is 10.1. The average Bonchev–Trinajstić information content (AvgIpc) is 2.78. The van der Waals surface area contributed by atoms with Crippen LogP contribution in [0.4, 0.5) is 4.39 Å². The zero-order valence-electron chi connectivity index (χ0n) is 8.98. The van der Waals surface area contributed by atoms with Gasteiger partial charge in [-0.25, -0.2) is 9.37 Å². The van der Waals surface area contributed by atoms with Gasteiger partial charge in [-0.3, -0.25) is 0 Å². The Balaban J connectivity index is 2.35. The first-order valence-corrected chi connectivity index (χ1v) is 5.12. The Hall–Kier alpha value is -1.68. The molecule has 1 unspecified atom stereocenters. The number of halogens is 1. The summed E-state index contributed by atoms with van der Waals surface area (Å²) in [6.07, 6.45) is 1.53. The molecule has 0 spiro atoms. The van der Waals surface area contributed by atoms with Gasteiger partial charge < -0.3 is 10.2 Å². The monoisotopic (exact) mass is 220 g/mol. The van der Waals surface area contributed by atoms with E-state index in [2.05, 4.69) is 4.98 Å². The van der Waals surface area contributed by atoms with Crippen LogP contribution in [0.5, 0.6) is 0 Å². The van der Waals surface area contributed by atoms with Gasteiger partial charge in [0.15, 0.2) is 0 Å². The molecule has 0 bridgehead atoms. The molecular formula is C12H13FN2O. The summed E-state index contributed by atoms with van der Waals surface area (Å²) in [5.74, 6) is 0.0778. The third-order valence-corrected chi connectivity index (χ3v) is 2.48. The van der Waals surface area contributed by atoms with Gasteiger partial charge in [0.05, 0.1) is 11.3 Å². The van der Waals surface area contributed by atoms with Gasteiger partial charge >= 0.3 is 0 Å². The van der Waals surface area contributed by atoms with Crippen molar-refractivity contribution in [2.45, 2.75) is 12.8 Å². The highest BCUT2D eigenvalue weighted by Crippen LogP contribution is 2.23. The van der Waals surface area contributed by atoms with E-state index >= 15 is 0 Å². The van der Waals surface area contributed by atoms with Crippen LogP contribution in [0, 0.1) is 5.82 Å². The van der Waals surface area contributed by atoms with Gasteiger partial charge in [0.2, 0.25) is 5.89 Å². The van der Waals surface area contributed by atoms with Crippen molar-refractivity contribution in [3.8, 4) is 11.5 Å². The summed E-state index contributed by atoms with van der Waals surface area (Å²) in [7, 11) is 0.